The van der Waals surface area contributed by atoms with E-state index in [1.54, 1.807) is 17.4 Å². The Morgan fingerprint density at radius 2 is 1.95 bits per heavy atom. The van der Waals surface area contributed by atoms with E-state index < -0.39 is 10.0 Å². The summed E-state index contributed by atoms with van der Waals surface area (Å²) >= 11 is 3.13. The summed E-state index contributed by atoms with van der Waals surface area (Å²) in [4.78, 5) is 4.44. The Balaban J connectivity index is 2.11. The number of aryl methyl sites for hydroxylation is 2. The third-order valence-electron chi connectivity index (χ3n) is 3.07. The van der Waals surface area contributed by atoms with Crippen LogP contribution in [0, 0.1) is 13.8 Å². The zero-order valence-electron chi connectivity index (χ0n) is 12.3. The zero-order valence-corrected chi connectivity index (χ0v) is 14.8. The smallest absolute Gasteiger partial charge is 0.241 e. The maximum Gasteiger partial charge on any atom is 0.241 e. The van der Waals surface area contributed by atoms with Crippen molar-refractivity contribution in [3.63, 3.8) is 0 Å². The normalized spacial score (nSPS) is 13.5. The van der Waals surface area contributed by atoms with Crippen LogP contribution in [0.2, 0.25) is 0 Å². The Hall–Kier alpha value is -0.730. The lowest BCUT2D eigenvalue weighted by Crippen LogP contribution is -2.34. The van der Waals surface area contributed by atoms with Crippen molar-refractivity contribution < 1.29 is 8.42 Å². The van der Waals surface area contributed by atoms with Crippen molar-refractivity contribution in [1.29, 1.82) is 0 Å². The number of hydrogen-bond acceptors (Lipinski definition) is 5. The van der Waals surface area contributed by atoms with Gasteiger partial charge in [-0.25, -0.2) is 13.1 Å². The van der Waals surface area contributed by atoms with E-state index in [0.29, 0.717) is 17.9 Å². The van der Waals surface area contributed by atoms with Crippen LogP contribution in [-0.2, 0) is 23.0 Å². The predicted octanol–water partition coefficient (Wildman–Crippen LogP) is 2.79. The topological polar surface area (TPSA) is 72.2 Å². The fourth-order valence-corrected chi connectivity index (χ4v) is 5.93. The largest absolute Gasteiger partial charge is 0.326 e. The molecule has 1 atom stereocenters. The molecule has 2 aromatic rings. The molecule has 0 aromatic carbocycles. The lowest BCUT2D eigenvalue weighted by atomic mass is 10.2. The van der Waals surface area contributed by atoms with Gasteiger partial charge in [-0.2, -0.15) is 0 Å². The van der Waals surface area contributed by atoms with Crippen molar-refractivity contribution in [1.82, 2.24) is 4.72 Å². The molecule has 21 heavy (non-hydrogen) atoms. The van der Waals surface area contributed by atoms with E-state index in [1.807, 2.05) is 26.8 Å². The molecule has 2 aromatic heterocycles. The molecule has 3 N–H and O–H groups in total. The molecule has 0 bridgehead atoms. The van der Waals surface area contributed by atoms with Crippen LogP contribution in [0.15, 0.2) is 23.1 Å². The van der Waals surface area contributed by atoms with Gasteiger partial charge in [0.05, 0.1) is 4.90 Å². The monoisotopic (exact) mass is 344 g/mol. The van der Waals surface area contributed by atoms with Gasteiger partial charge in [-0.1, -0.05) is 0 Å². The molecule has 2 rings (SSSR count). The van der Waals surface area contributed by atoms with Gasteiger partial charge in [0.25, 0.3) is 0 Å². The lowest BCUT2D eigenvalue weighted by Gasteiger charge is -2.13. The van der Waals surface area contributed by atoms with Gasteiger partial charge < -0.3 is 5.73 Å². The molecule has 0 aliphatic carbocycles. The van der Waals surface area contributed by atoms with E-state index in [2.05, 4.69) is 10.8 Å². The van der Waals surface area contributed by atoms with Gasteiger partial charge in [0.1, 0.15) is 0 Å². The van der Waals surface area contributed by atoms with E-state index in [1.165, 1.54) is 21.1 Å². The highest BCUT2D eigenvalue weighted by molar-refractivity contribution is 7.89. The SMILES string of the molecule is Cc1ccc(CC(C)NS(=O)(=O)c2cc(CN)sc2C)s1. The average Bonchev–Trinajstić information content (AvgIpc) is 2.95. The highest BCUT2D eigenvalue weighted by Crippen LogP contribution is 2.26. The standard InChI is InChI=1S/C14H20N2O2S3/c1-9(6-12-5-4-10(2)19-12)16-21(17,18)14-7-13(8-15)20-11(14)3/h4-5,7,9,16H,6,8,15H2,1-3H3. The molecule has 2 heterocycles. The Bertz CT molecular complexity index is 716. The number of rotatable bonds is 6. The Kier molecular flexibility index (Phi) is 5.21. The summed E-state index contributed by atoms with van der Waals surface area (Å²) in [5.41, 5.74) is 5.58. The lowest BCUT2D eigenvalue weighted by molar-refractivity contribution is 0.560. The molecule has 0 fully saturated rings. The minimum Gasteiger partial charge on any atom is -0.326 e. The molecule has 4 nitrogen and oxygen atoms in total. The molecular weight excluding hydrogens is 324 g/mol. The van der Waals surface area contributed by atoms with Crippen molar-refractivity contribution in [3.05, 3.63) is 37.7 Å². The molecular formula is C14H20N2O2S3. The van der Waals surface area contributed by atoms with E-state index in [4.69, 9.17) is 5.73 Å². The van der Waals surface area contributed by atoms with Crippen molar-refractivity contribution in [2.45, 2.75) is 44.7 Å². The fourth-order valence-electron chi connectivity index (χ4n) is 2.16. The minimum atomic E-state index is -3.48. The van der Waals surface area contributed by atoms with Crippen molar-refractivity contribution >= 4 is 32.7 Å². The number of nitrogens with two attached hydrogens (primary N) is 1. The maximum atomic E-state index is 12.4. The summed E-state index contributed by atoms with van der Waals surface area (Å²) in [6.07, 6.45) is 0.699. The molecule has 0 spiro atoms. The van der Waals surface area contributed by atoms with Crippen molar-refractivity contribution in [3.8, 4) is 0 Å². The molecule has 116 valence electrons. The third kappa shape index (κ3) is 4.14. The van der Waals surface area contributed by atoms with Crippen LogP contribution in [0.3, 0.4) is 0 Å². The highest BCUT2D eigenvalue weighted by atomic mass is 32.2. The quantitative estimate of drug-likeness (QED) is 0.846. The van der Waals surface area contributed by atoms with E-state index in [0.717, 1.165) is 9.75 Å². The first kappa shape index (κ1) is 16.6. The van der Waals surface area contributed by atoms with Gasteiger partial charge in [-0.15, -0.1) is 22.7 Å². The van der Waals surface area contributed by atoms with Gasteiger partial charge >= 0.3 is 0 Å². The second kappa shape index (κ2) is 6.58. The molecule has 0 saturated carbocycles. The second-order valence-electron chi connectivity index (χ2n) is 5.08. The molecule has 0 amide bonds. The Morgan fingerprint density at radius 1 is 1.24 bits per heavy atom. The highest BCUT2D eigenvalue weighted by Gasteiger charge is 2.22. The van der Waals surface area contributed by atoms with Gasteiger partial charge in [0.15, 0.2) is 0 Å². The van der Waals surface area contributed by atoms with Crippen molar-refractivity contribution in [2.75, 3.05) is 0 Å². The fraction of sp³-hybridized carbons (Fsp3) is 0.429. The maximum absolute atomic E-state index is 12.4. The summed E-state index contributed by atoms with van der Waals surface area (Å²) < 4.78 is 27.6. The molecule has 1 unspecified atom stereocenters. The first-order valence-electron chi connectivity index (χ1n) is 6.69. The first-order chi connectivity index (χ1) is 9.81. The summed E-state index contributed by atoms with van der Waals surface area (Å²) in [6.45, 7) is 6.11. The predicted molar refractivity (Wildman–Crippen MR) is 89.5 cm³/mol. The first-order valence-corrected chi connectivity index (χ1v) is 9.80. The number of sulfonamides is 1. The molecule has 0 aliphatic heterocycles. The van der Waals surface area contributed by atoms with E-state index in [9.17, 15) is 8.42 Å². The van der Waals surface area contributed by atoms with Gasteiger partial charge in [-0.3, -0.25) is 0 Å². The van der Waals surface area contributed by atoms with Gasteiger partial charge in [0.2, 0.25) is 10.0 Å². The molecule has 0 saturated heterocycles. The zero-order chi connectivity index (χ0) is 15.6. The average molecular weight is 345 g/mol. The minimum absolute atomic E-state index is 0.145. The molecule has 0 radical (unpaired) electrons. The van der Waals surface area contributed by atoms with Gasteiger partial charge in [0, 0.05) is 32.1 Å². The van der Waals surface area contributed by atoms with Crippen LogP contribution in [0.4, 0.5) is 0 Å². The number of nitrogens with one attached hydrogen (secondary N) is 1. The number of hydrogen-bond donors (Lipinski definition) is 2. The van der Waals surface area contributed by atoms with E-state index in [-0.39, 0.29) is 6.04 Å². The number of thiophene rings is 2. The van der Waals surface area contributed by atoms with Crippen LogP contribution >= 0.6 is 22.7 Å². The van der Waals surface area contributed by atoms with Crippen molar-refractivity contribution in [2.24, 2.45) is 5.73 Å². The molecule has 0 aliphatic rings. The van der Waals surface area contributed by atoms with E-state index >= 15 is 0 Å². The van der Waals surface area contributed by atoms with Crippen LogP contribution in [0.1, 0.15) is 26.4 Å². The van der Waals surface area contributed by atoms with Crippen LogP contribution in [0.5, 0.6) is 0 Å². The van der Waals surface area contributed by atoms with Crippen LogP contribution in [0.25, 0.3) is 0 Å². The second-order valence-corrected chi connectivity index (χ2v) is 9.47. The third-order valence-corrected chi connectivity index (χ3v) is 7.01. The Morgan fingerprint density at radius 3 is 2.48 bits per heavy atom. The van der Waals surface area contributed by atoms with Crippen LogP contribution < -0.4 is 10.5 Å². The summed E-state index contributed by atoms with van der Waals surface area (Å²) in [7, 11) is -3.48. The summed E-state index contributed by atoms with van der Waals surface area (Å²) in [6, 6.07) is 5.63. The summed E-state index contributed by atoms with van der Waals surface area (Å²) in [5.74, 6) is 0. The summed E-state index contributed by atoms with van der Waals surface area (Å²) in [5, 5.41) is 0. The van der Waals surface area contributed by atoms with Gasteiger partial charge in [-0.05, 0) is 45.4 Å². The molecule has 7 heteroatoms. The Labute approximate surface area is 134 Å². The van der Waals surface area contributed by atoms with Crippen LogP contribution in [-0.4, -0.2) is 14.5 Å².